The van der Waals surface area contributed by atoms with Gasteiger partial charge in [-0.05, 0) is 29.7 Å². The molecular weight excluding hydrogens is 450 g/mol. The molecular formula is C17H13F3INOS. The number of benzene rings is 2. The molecule has 2 aromatic rings. The fraction of sp³-hybridized carbons (Fsp3) is 0.235. The summed E-state index contributed by atoms with van der Waals surface area (Å²) in [6.45, 7) is 0.583. The molecule has 126 valence electrons. The van der Waals surface area contributed by atoms with Crippen LogP contribution in [0.3, 0.4) is 0 Å². The average Bonchev–Trinajstić information content (AvgIpc) is 2.92. The monoisotopic (exact) mass is 463 g/mol. The summed E-state index contributed by atoms with van der Waals surface area (Å²) in [4.78, 5) is 11.5. The Balaban J connectivity index is 2.10. The van der Waals surface area contributed by atoms with E-state index in [0.29, 0.717) is 30.5 Å². The minimum Gasteiger partial charge on any atom is -0.307 e. The van der Waals surface area contributed by atoms with Gasteiger partial charge in [-0.15, -0.1) is 0 Å². The predicted octanol–water partition coefficient (Wildman–Crippen LogP) is 5.66. The normalized spacial score (nSPS) is 17.0. The van der Waals surface area contributed by atoms with Gasteiger partial charge in [0.2, 0.25) is 0 Å². The Morgan fingerprint density at radius 2 is 1.92 bits per heavy atom. The van der Waals surface area contributed by atoms with Gasteiger partial charge in [0.1, 0.15) is 0 Å². The van der Waals surface area contributed by atoms with Crippen LogP contribution >= 0.6 is 30.3 Å². The molecule has 0 N–H and O–H groups in total. The standard InChI is InChI=1S/C17H13F3INOS/c18-17(19,20)14-6-7-15-16(13(14)10-23)12(9-22(15)24-21)8-11-4-2-1-3-5-11/h1-7,10,12H,8-9H2/t12-/m0/s1. The summed E-state index contributed by atoms with van der Waals surface area (Å²) in [5.74, 6) is -0.146. The molecule has 0 saturated heterocycles. The maximum atomic E-state index is 13.3. The molecule has 0 spiro atoms. The molecule has 0 aliphatic carbocycles. The van der Waals surface area contributed by atoms with Crippen molar-refractivity contribution in [3.8, 4) is 0 Å². The molecule has 0 aromatic heterocycles. The molecule has 0 radical (unpaired) electrons. The third-order valence-electron chi connectivity index (χ3n) is 4.16. The van der Waals surface area contributed by atoms with Crippen molar-refractivity contribution in [3.63, 3.8) is 0 Å². The highest BCUT2D eigenvalue weighted by Gasteiger charge is 2.39. The molecule has 3 rings (SSSR count). The van der Waals surface area contributed by atoms with Crippen LogP contribution in [0, 0.1) is 0 Å². The van der Waals surface area contributed by atoms with Gasteiger partial charge in [0.05, 0.1) is 11.3 Å². The van der Waals surface area contributed by atoms with E-state index in [1.165, 1.54) is 15.2 Å². The fourth-order valence-corrected chi connectivity index (χ4v) is 4.75. The molecule has 0 bridgehead atoms. The Bertz CT molecular complexity index is 751. The van der Waals surface area contributed by atoms with Gasteiger partial charge in [0, 0.05) is 48.4 Å². The Labute approximate surface area is 154 Å². The van der Waals surface area contributed by atoms with Crippen molar-refractivity contribution in [2.75, 3.05) is 10.8 Å². The van der Waals surface area contributed by atoms with E-state index in [9.17, 15) is 18.0 Å². The summed E-state index contributed by atoms with van der Waals surface area (Å²) in [5, 5.41) is 0. The summed E-state index contributed by atoms with van der Waals surface area (Å²) in [7, 11) is 1.43. The van der Waals surface area contributed by atoms with E-state index in [1.54, 1.807) is 0 Å². The Kier molecular flexibility index (Phi) is 5.10. The number of hydrogen-bond acceptors (Lipinski definition) is 3. The SMILES string of the molecule is O=Cc1c(C(F)(F)F)ccc2c1[C@@H](Cc1ccccc1)CN2SI. The molecule has 24 heavy (non-hydrogen) atoms. The molecule has 1 atom stereocenters. The van der Waals surface area contributed by atoms with Crippen LogP contribution in [0.15, 0.2) is 42.5 Å². The van der Waals surface area contributed by atoms with Crippen molar-refractivity contribution < 1.29 is 18.0 Å². The largest absolute Gasteiger partial charge is 0.417 e. The van der Waals surface area contributed by atoms with Crippen LogP contribution in [0.2, 0.25) is 0 Å². The van der Waals surface area contributed by atoms with Gasteiger partial charge < -0.3 is 4.31 Å². The molecule has 0 unspecified atom stereocenters. The molecule has 2 nitrogen and oxygen atoms in total. The van der Waals surface area contributed by atoms with Crippen LogP contribution in [0.25, 0.3) is 0 Å². The Hall–Kier alpha value is -1.22. The second-order valence-corrected chi connectivity index (χ2v) is 7.35. The van der Waals surface area contributed by atoms with Crippen LogP contribution in [0.5, 0.6) is 0 Å². The number of fused-ring (bicyclic) bond motifs is 1. The number of rotatable bonds is 4. The van der Waals surface area contributed by atoms with Crippen molar-refractivity contribution in [3.05, 3.63) is 64.7 Å². The minimum absolute atomic E-state index is 0.146. The van der Waals surface area contributed by atoms with Crippen LogP contribution < -0.4 is 4.31 Å². The van der Waals surface area contributed by atoms with Gasteiger partial charge in [-0.1, -0.05) is 30.3 Å². The van der Waals surface area contributed by atoms with Gasteiger partial charge in [-0.2, -0.15) is 13.2 Å². The number of hydrogen-bond donors (Lipinski definition) is 0. The highest BCUT2D eigenvalue weighted by Crippen LogP contribution is 2.47. The molecule has 0 fully saturated rings. The average molecular weight is 463 g/mol. The third kappa shape index (κ3) is 3.28. The van der Waals surface area contributed by atoms with Gasteiger partial charge in [-0.25, -0.2) is 0 Å². The number of carbonyl (C=O) groups excluding carboxylic acids is 1. The lowest BCUT2D eigenvalue weighted by atomic mass is 9.88. The first-order chi connectivity index (χ1) is 11.5. The molecule has 1 heterocycles. The molecule has 0 amide bonds. The van der Waals surface area contributed by atoms with E-state index in [1.807, 2.05) is 34.6 Å². The highest BCUT2D eigenvalue weighted by atomic mass is 127. The van der Waals surface area contributed by atoms with Gasteiger partial charge in [-0.3, -0.25) is 4.79 Å². The fourth-order valence-electron chi connectivity index (χ4n) is 3.17. The highest BCUT2D eigenvalue weighted by molar-refractivity contribution is 14.2. The Morgan fingerprint density at radius 3 is 2.50 bits per heavy atom. The third-order valence-corrected chi connectivity index (χ3v) is 6.10. The zero-order valence-corrected chi connectivity index (χ0v) is 15.4. The Morgan fingerprint density at radius 1 is 1.21 bits per heavy atom. The summed E-state index contributed by atoms with van der Waals surface area (Å²) in [5.41, 5.74) is 1.17. The lowest BCUT2D eigenvalue weighted by molar-refractivity contribution is -0.137. The second-order valence-electron chi connectivity index (χ2n) is 5.59. The van der Waals surface area contributed by atoms with Gasteiger partial charge >= 0.3 is 6.18 Å². The summed E-state index contributed by atoms with van der Waals surface area (Å²) in [6.07, 6.45) is -3.59. The molecule has 0 saturated carbocycles. The quantitative estimate of drug-likeness (QED) is 0.332. The molecule has 1 aliphatic heterocycles. The van der Waals surface area contributed by atoms with E-state index in [0.717, 1.165) is 11.6 Å². The number of carbonyl (C=O) groups is 1. The van der Waals surface area contributed by atoms with Gasteiger partial charge in [0.25, 0.3) is 0 Å². The van der Waals surface area contributed by atoms with Gasteiger partial charge in [0.15, 0.2) is 6.29 Å². The summed E-state index contributed by atoms with van der Waals surface area (Å²) < 4.78 is 41.7. The zero-order valence-electron chi connectivity index (χ0n) is 12.4. The first-order valence-corrected chi connectivity index (χ1v) is 10.6. The zero-order chi connectivity index (χ0) is 17.3. The number of anilines is 1. The molecule has 2 aromatic carbocycles. The van der Waals surface area contributed by atoms with Crippen LogP contribution in [0.1, 0.15) is 33.0 Å². The maximum Gasteiger partial charge on any atom is 0.417 e. The number of alkyl halides is 3. The van der Waals surface area contributed by atoms with Crippen molar-refractivity contribution in [1.29, 1.82) is 0 Å². The summed E-state index contributed by atoms with van der Waals surface area (Å²) in [6, 6.07) is 12.1. The number of aldehydes is 1. The number of halogens is 4. The maximum absolute atomic E-state index is 13.3. The topological polar surface area (TPSA) is 20.3 Å². The van der Waals surface area contributed by atoms with Crippen LogP contribution in [0.4, 0.5) is 18.9 Å². The van der Waals surface area contributed by atoms with E-state index in [-0.39, 0.29) is 11.5 Å². The van der Waals surface area contributed by atoms with E-state index >= 15 is 0 Å². The minimum atomic E-state index is -4.53. The molecule has 1 aliphatic rings. The van der Waals surface area contributed by atoms with Crippen molar-refractivity contribution >= 4 is 42.3 Å². The lowest BCUT2D eigenvalue weighted by Gasteiger charge is -2.17. The van der Waals surface area contributed by atoms with Crippen molar-refractivity contribution in [1.82, 2.24) is 0 Å². The van der Waals surface area contributed by atoms with Crippen molar-refractivity contribution in [2.24, 2.45) is 0 Å². The van der Waals surface area contributed by atoms with E-state index in [2.05, 4.69) is 21.2 Å². The van der Waals surface area contributed by atoms with E-state index in [4.69, 9.17) is 0 Å². The first kappa shape index (κ1) is 17.6. The van der Waals surface area contributed by atoms with Crippen molar-refractivity contribution in [2.45, 2.75) is 18.5 Å². The molecule has 7 heteroatoms. The lowest BCUT2D eigenvalue weighted by Crippen LogP contribution is -2.13. The van der Waals surface area contributed by atoms with Crippen LogP contribution in [-0.4, -0.2) is 12.8 Å². The smallest absolute Gasteiger partial charge is 0.307 e. The summed E-state index contributed by atoms with van der Waals surface area (Å²) >= 11 is 2.11. The number of nitrogens with zero attached hydrogens (tertiary/aromatic N) is 1. The first-order valence-electron chi connectivity index (χ1n) is 7.25. The van der Waals surface area contributed by atoms with Crippen LogP contribution in [-0.2, 0) is 12.6 Å². The van der Waals surface area contributed by atoms with E-state index < -0.39 is 11.7 Å². The second kappa shape index (κ2) is 6.95. The predicted molar refractivity (Wildman–Crippen MR) is 98.7 cm³/mol.